The van der Waals surface area contributed by atoms with E-state index < -0.39 is 5.54 Å². The summed E-state index contributed by atoms with van der Waals surface area (Å²) >= 11 is 0. The summed E-state index contributed by atoms with van der Waals surface area (Å²) in [6.07, 6.45) is 1.48. The Bertz CT molecular complexity index is 1390. The number of carbonyl (C=O) groups excluding carboxylic acids is 1. The lowest BCUT2D eigenvalue weighted by Gasteiger charge is -2.27. The van der Waals surface area contributed by atoms with Gasteiger partial charge in [0.2, 0.25) is 0 Å². The zero-order valence-corrected chi connectivity index (χ0v) is 17.8. The van der Waals surface area contributed by atoms with Crippen LogP contribution in [-0.2, 0) is 5.54 Å². The fraction of sp³-hybridized carbons (Fsp3) is 0.120. The van der Waals surface area contributed by atoms with Crippen molar-refractivity contribution in [2.45, 2.75) is 19.4 Å². The normalized spacial score (nSPS) is 11.6. The molecule has 1 amide bonds. The Kier molecular flexibility index (Phi) is 4.78. The van der Waals surface area contributed by atoms with E-state index in [1.54, 1.807) is 0 Å². The largest absolute Gasteiger partial charge is 0.343 e. The monoisotopic (exact) mass is 422 g/mol. The van der Waals surface area contributed by atoms with E-state index in [0.29, 0.717) is 11.4 Å². The molecule has 0 saturated carbocycles. The third-order valence-electron chi connectivity index (χ3n) is 5.57. The Morgan fingerprint density at radius 1 is 0.906 bits per heavy atom. The molecule has 0 saturated heterocycles. The molecule has 0 atom stereocenters. The van der Waals surface area contributed by atoms with Crippen molar-refractivity contribution in [2.24, 2.45) is 0 Å². The molecule has 2 aromatic heterocycles. The minimum atomic E-state index is -0.501. The first-order valence-corrected chi connectivity index (χ1v) is 10.3. The maximum absolute atomic E-state index is 13.1. The van der Waals surface area contributed by atoms with Gasteiger partial charge < -0.3 is 5.32 Å². The fourth-order valence-electron chi connectivity index (χ4n) is 3.82. The highest BCUT2D eigenvalue weighted by molar-refractivity contribution is 5.99. The van der Waals surface area contributed by atoms with Crippen molar-refractivity contribution in [3.05, 3.63) is 90.3 Å². The highest BCUT2D eigenvalue weighted by Gasteiger charge is 2.23. The summed E-state index contributed by atoms with van der Waals surface area (Å²) in [6.45, 7) is 3.99. The van der Waals surface area contributed by atoms with E-state index in [2.05, 4.69) is 30.7 Å². The second-order valence-corrected chi connectivity index (χ2v) is 8.19. The van der Waals surface area contributed by atoms with Gasteiger partial charge in [0.1, 0.15) is 6.33 Å². The molecule has 0 bridgehead atoms. The molecule has 5 aromatic rings. The molecule has 7 nitrogen and oxygen atoms in total. The van der Waals surface area contributed by atoms with Gasteiger partial charge in [0.15, 0.2) is 5.82 Å². The van der Waals surface area contributed by atoms with E-state index in [-0.39, 0.29) is 5.91 Å². The van der Waals surface area contributed by atoms with Crippen molar-refractivity contribution >= 4 is 16.8 Å². The van der Waals surface area contributed by atoms with Gasteiger partial charge in [-0.3, -0.25) is 15.0 Å². The van der Waals surface area contributed by atoms with E-state index >= 15 is 0 Å². The highest BCUT2D eigenvalue weighted by Crippen LogP contribution is 2.30. The average molecular weight is 422 g/mol. The zero-order valence-electron chi connectivity index (χ0n) is 17.8. The van der Waals surface area contributed by atoms with Crippen molar-refractivity contribution < 1.29 is 4.79 Å². The summed E-state index contributed by atoms with van der Waals surface area (Å²) in [4.78, 5) is 17.3. The van der Waals surface area contributed by atoms with Crippen molar-refractivity contribution in [3.8, 4) is 22.6 Å². The maximum Gasteiger partial charge on any atom is 0.251 e. The quantitative estimate of drug-likeness (QED) is 0.383. The Hall–Kier alpha value is -4.26. The first-order valence-electron chi connectivity index (χ1n) is 10.3. The first-order chi connectivity index (χ1) is 15.5. The molecular weight excluding hydrogens is 400 g/mol. The number of H-pyrrole nitrogens is 2. The summed E-state index contributed by atoms with van der Waals surface area (Å²) in [7, 11) is 0. The first kappa shape index (κ1) is 19.7. The van der Waals surface area contributed by atoms with Gasteiger partial charge in [-0.2, -0.15) is 10.2 Å². The Morgan fingerprint density at radius 3 is 2.53 bits per heavy atom. The lowest BCUT2D eigenvalue weighted by molar-refractivity contribution is 0.0912. The van der Waals surface area contributed by atoms with Gasteiger partial charge in [0.05, 0.1) is 16.7 Å². The molecule has 0 spiro atoms. The van der Waals surface area contributed by atoms with Crippen molar-refractivity contribution in [1.82, 2.24) is 30.7 Å². The number of amides is 1. The molecule has 3 N–H and O–H groups in total. The number of hydrogen-bond acceptors (Lipinski definition) is 4. The molecule has 7 heteroatoms. The van der Waals surface area contributed by atoms with Gasteiger partial charge >= 0.3 is 0 Å². The van der Waals surface area contributed by atoms with Crippen LogP contribution in [0.5, 0.6) is 0 Å². The Morgan fingerprint density at radius 2 is 1.75 bits per heavy atom. The van der Waals surface area contributed by atoms with E-state index in [0.717, 1.165) is 33.3 Å². The Balaban J connectivity index is 1.47. The number of hydrogen-bond donors (Lipinski definition) is 3. The molecule has 0 radical (unpaired) electrons. The minimum Gasteiger partial charge on any atom is -0.343 e. The fourth-order valence-corrected chi connectivity index (χ4v) is 3.82. The summed E-state index contributed by atoms with van der Waals surface area (Å²) in [6, 6.07) is 23.4. The van der Waals surface area contributed by atoms with Crippen LogP contribution in [0.25, 0.3) is 33.5 Å². The van der Waals surface area contributed by atoms with Crippen LogP contribution >= 0.6 is 0 Å². The number of aromatic nitrogens is 5. The molecule has 5 rings (SSSR count). The molecule has 0 aliphatic carbocycles. The molecule has 3 aromatic carbocycles. The van der Waals surface area contributed by atoms with Gasteiger partial charge in [0, 0.05) is 22.1 Å². The van der Waals surface area contributed by atoms with Crippen LogP contribution in [0.15, 0.2) is 79.1 Å². The summed E-state index contributed by atoms with van der Waals surface area (Å²) in [5.74, 6) is 0.554. The zero-order chi connectivity index (χ0) is 22.1. The number of carbonyl (C=O) groups is 1. The van der Waals surface area contributed by atoms with Crippen LogP contribution in [0.3, 0.4) is 0 Å². The molecule has 0 unspecified atom stereocenters. The van der Waals surface area contributed by atoms with Crippen molar-refractivity contribution in [2.75, 3.05) is 0 Å². The van der Waals surface area contributed by atoms with E-state index in [4.69, 9.17) is 0 Å². The molecule has 0 aliphatic heterocycles. The summed E-state index contributed by atoms with van der Waals surface area (Å²) in [5, 5.41) is 18.5. The van der Waals surface area contributed by atoms with E-state index in [9.17, 15) is 4.79 Å². The number of rotatable bonds is 5. The van der Waals surface area contributed by atoms with Crippen LogP contribution < -0.4 is 5.32 Å². The van der Waals surface area contributed by atoms with Crippen LogP contribution in [0.2, 0.25) is 0 Å². The van der Waals surface area contributed by atoms with E-state index in [1.807, 2.05) is 86.6 Å². The number of aromatic amines is 2. The standard InChI is InChI=1S/C25H22N6O/c1-25(2,19-9-4-3-5-10-19)28-24(32)18-8-6-7-16(13-18)22-20-14-17(23-26-15-27-31-23)11-12-21(20)29-30-22/h3-15H,1-2H3,(H,28,32)(H,29,30)(H,26,27,31). The number of nitrogens with zero attached hydrogens (tertiary/aromatic N) is 3. The van der Waals surface area contributed by atoms with Gasteiger partial charge in [-0.25, -0.2) is 4.98 Å². The maximum atomic E-state index is 13.1. The summed E-state index contributed by atoms with van der Waals surface area (Å²) in [5.41, 5.74) is 4.57. The van der Waals surface area contributed by atoms with Crippen molar-refractivity contribution in [1.29, 1.82) is 0 Å². The van der Waals surface area contributed by atoms with Crippen LogP contribution in [0.4, 0.5) is 0 Å². The average Bonchev–Trinajstić information content (AvgIpc) is 3.49. The van der Waals surface area contributed by atoms with Gasteiger partial charge in [0.25, 0.3) is 5.91 Å². The second-order valence-electron chi connectivity index (χ2n) is 8.19. The number of fused-ring (bicyclic) bond motifs is 1. The third kappa shape index (κ3) is 3.65. The lowest BCUT2D eigenvalue weighted by Crippen LogP contribution is -2.40. The van der Waals surface area contributed by atoms with Crippen LogP contribution in [0.1, 0.15) is 29.8 Å². The van der Waals surface area contributed by atoms with Gasteiger partial charge in [-0.15, -0.1) is 0 Å². The Labute approximate surface area is 184 Å². The topological polar surface area (TPSA) is 99.3 Å². The second kappa shape index (κ2) is 7.77. The van der Waals surface area contributed by atoms with Crippen molar-refractivity contribution in [3.63, 3.8) is 0 Å². The number of nitrogens with one attached hydrogen (secondary N) is 3. The molecule has 32 heavy (non-hydrogen) atoms. The predicted octanol–water partition coefficient (Wildman–Crippen LogP) is 4.68. The van der Waals surface area contributed by atoms with Gasteiger partial charge in [-0.1, -0.05) is 42.5 Å². The molecule has 0 aliphatic rings. The van der Waals surface area contributed by atoms with E-state index in [1.165, 1.54) is 6.33 Å². The third-order valence-corrected chi connectivity index (χ3v) is 5.57. The van der Waals surface area contributed by atoms with Gasteiger partial charge in [-0.05, 0) is 49.7 Å². The van der Waals surface area contributed by atoms with Crippen LogP contribution in [0, 0.1) is 0 Å². The smallest absolute Gasteiger partial charge is 0.251 e. The predicted molar refractivity (Wildman–Crippen MR) is 124 cm³/mol. The number of benzene rings is 3. The molecule has 2 heterocycles. The lowest BCUT2D eigenvalue weighted by atomic mass is 9.93. The van der Waals surface area contributed by atoms with Crippen LogP contribution in [-0.4, -0.2) is 31.3 Å². The SMILES string of the molecule is CC(C)(NC(=O)c1cccc(-c2n[nH]c3ccc(-c4ncn[nH]4)cc23)c1)c1ccccc1. The minimum absolute atomic E-state index is 0.136. The molecule has 0 fully saturated rings. The molecular formula is C25H22N6O. The highest BCUT2D eigenvalue weighted by atomic mass is 16.1. The summed E-state index contributed by atoms with van der Waals surface area (Å²) < 4.78 is 0. The molecule has 158 valence electrons.